The number of amides is 1. The van der Waals surface area contributed by atoms with Gasteiger partial charge >= 0.3 is 0 Å². The smallest absolute Gasteiger partial charge is 0.253 e. The highest BCUT2D eigenvalue weighted by atomic mass is 16.4. The quantitative estimate of drug-likeness (QED) is 0.232. The van der Waals surface area contributed by atoms with E-state index in [1.165, 1.54) is 0 Å². The molecule has 1 unspecified atom stereocenters. The molecule has 5 atom stereocenters. The number of aliphatic hydroxyl groups excluding tert-OH is 5. The van der Waals surface area contributed by atoms with Crippen molar-refractivity contribution in [1.82, 2.24) is 5.32 Å². The maximum Gasteiger partial charge on any atom is 0.253 e. The van der Waals surface area contributed by atoms with E-state index >= 15 is 0 Å². The lowest BCUT2D eigenvalue weighted by Crippen LogP contribution is -2.47. The van der Waals surface area contributed by atoms with Crippen molar-refractivity contribution >= 4 is 5.91 Å². The Hall–Kier alpha value is -0.730. The lowest BCUT2D eigenvalue weighted by atomic mass is 10.0. The van der Waals surface area contributed by atoms with Crippen LogP contribution < -0.4 is 5.32 Å². The van der Waals surface area contributed by atoms with Gasteiger partial charge in [0, 0.05) is 0 Å². The highest BCUT2D eigenvalue weighted by molar-refractivity contribution is 5.81. The summed E-state index contributed by atoms with van der Waals surface area (Å²) in [7, 11) is 0. The van der Waals surface area contributed by atoms with Gasteiger partial charge in [-0.3, -0.25) is 4.79 Å². The Bertz CT molecular complexity index is 209. The summed E-state index contributed by atoms with van der Waals surface area (Å²) in [6, 6.07) is 0. The predicted molar refractivity (Wildman–Crippen MR) is 38.2 cm³/mol. The van der Waals surface area contributed by atoms with E-state index in [0.29, 0.717) is 0 Å². The largest absolute Gasteiger partial charge is 0.387 e. The molecule has 0 aromatic heterocycles. The van der Waals surface area contributed by atoms with Crippen molar-refractivity contribution in [1.29, 1.82) is 0 Å². The van der Waals surface area contributed by atoms with E-state index in [0.717, 1.165) is 0 Å². The molecule has 1 saturated heterocycles. The van der Waals surface area contributed by atoms with Crippen molar-refractivity contribution in [2.75, 3.05) is 0 Å². The van der Waals surface area contributed by atoms with Gasteiger partial charge in [0.1, 0.15) is 18.3 Å². The summed E-state index contributed by atoms with van der Waals surface area (Å²) >= 11 is 0. The predicted octanol–water partition coefficient (Wildman–Crippen LogP) is -4.12. The van der Waals surface area contributed by atoms with Gasteiger partial charge in [0.25, 0.3) is 5.91 Å². The second-order valence-electron chi connectivity index (χ2n) is 2.87. The molecular weight excluding hydrogens is 182 g/mol. The minimum Gasteiger partial charge on any atom is -0.387 e. The molecule has 1 amide bonds. The first-order valence-electron chi connectivity index (χ1n) is 3.66. The van der Waals surface area contributed by atoms with E-state index in [1.807, 2.05) is 0 Å². The van der Waals surface area contributed by atoms with Crippen molar-refractivity contribution < 1.29 is 30.3 Å². The topological polar surface area (TPSA) is 130 Å². The molecule has 1 aliphatic heterocycles. The lowest BCUT2D eigenvalue weighted by molar-refractivity contribution is -0.139. The minimum atomic E-state index is -1.86. The van der Waals surface area contributed by atoms with Gasteiger partial charge in [-0.05, 0) is 0 Å². The van der Waals surface area contributed by atoms with E-state index in [9.17, 15) is 4.79 Å². The van der Waals surface area contributed by atoms with E-state index in [4.69, 9.17) is 25.5 Å². The number of hydrogen-bond donors (Lipinski definition) is 6. The average Bonchev–Trinajstić information content (AvgIpc) is 2.15. The summed E-state index contributed by atoms with van der Waals surface area (Å²) in [5.74, 6) is -1.05. The van der Waals surface area contributed by atoms with Crippen molar-refractivity contribution in [2.45, 2.75) is 30.6 Å². The second kappa shape index (κ2) is 3.56. The number of carbonyl (C=O) groups is 1. The zero-order valence-corrected chi connectivity index (χ0v) is 6.53. The van der Waals surface area contributed by atoms with Crippen molar-refractivity contribution in [3.05, 3.63) is 0 Å². The monoisotopic (exact) mass is 193 g/mol. The molecular formula is C6H11NO6. The van der Waals surface area contributed by atoms with Crippen LogP contribution in [0.2, 0.25) is 0 Å². The maximum absolute atomic E-state index is 10.8. The normalized spacial score (nSPS) is 46.8. The van der Waals surface area contributed by atoms with Gasteiger partial charge < -0.3 is 30.8 Å². The molecule has 0 spiro atoms. The fraction of sp³-hybridized carbons (Fsp3) is 0.833. The summed E-state index contributed by atoms with van der Waals surface area (Å²) in [6.07, 6.45) is -8.87. The molecule has 76 valence electrons. The van der Waals surface area contributed by atoms with Crippen LogP contribution in [0, 0.1) is 0 Å². The summed E-state index contributed by atoms with van der Waals surface area (Å²) < 4.78 is 0. The molecule has 7 nitrogen and oxygen atoms in total. The number of rotatable bonds is 0. The molecule has 0 aliphatic carbocycles. The SMILES string of the molecule is O=C1NC(O)[C@@H](O)[C@@H](O)[C@H](O)[C@H]1O. The number of carbonyl (C=O) groups excluding carboxylic acids is 1. The second-order valence-corrected chi connectivity index (χ2v) is 2.87. The van der Waals surface area contributed by atoms with E-state index in [-0.39, 0.29) is 0 Å². The zero-order valence-electron chi connectivity index (χ0n) is 6.53. The van der Waals surface area contributed by atoms with Crippen LogP contribution in [0.5, 0.6) is 0 Å². The molecule has 7 heteroatoms. The number of aliphatic hydroxyl groups is 5. The fourth-order valence-electron chi connectivity index (χ4n) is 1.05. The van der Waals surface area contributed by atoms with Gasteiger partial charge in [-0.1, -0.05) is 0 Å². The van der Waals surface area contributed by atoms with Gasteiger partial charge in [0.05, 0.1) is 0 Å². The first-order valence-corrected chi connectivity index (χ1v) is 3.66. The molecule has 0 radical (unpaired) electrons. The molecule has 13 heavy (non-hydrogen) atoms. The van der Waals surface area contributed by atoms with E-state index < -0.39 is 36.6 Å². The maximum atomic E-state index is 10.8. The molecule has 6 N–H and O–H groups in total. The van der Waals surface area contributed by atoms with Gasteiger partial charge in [0.2, 0.25) is 0 Å². The van der Waals surface area contributed by atoms with Crippen LogP contribution in [0.1, 0.15) is 0 Å². The third-order valence-electron chi connectivity index (χ3n) is 1.91. The standard InChI is InChI=1S/C6H11NO6/c8-1-2(9)4(11)6(13)7-5(12)3(1)10/h1-5,8-12H,(H,7,13)/t1-,2-,3-,4+,5?/m0/s1. The average molecular weight is 193 g/mol. The lowest BCUT2D eigenvalue weighted by Gasteiger charge is -2.21. The van der Waals surface area contributed by atoms with Crippen molar-refractivity contribution in [2.24, 2.45) is 0 Å². The van der Waals surface area contributed by atoms with Gasteiger partial charge in [0.15, 0.2) is 12.3 Å². The molecule has 1 heterocycles. The van der Waals surface area contributed by atoms with Crippen LogP contribution >= 0.6 is 0 Å². The van der Waals surface area contributed by atoms with Crippen LogP contribution in [0.15, 0.2) is 0 Å². The first kappa shape index (κ1) is 10.4. The Kier molecular flexibility index (Phi) is 2.84. The van der Waals surface area contributed by atoms with Gasteiger partial charge in [-0.25, -0.2) is 0 Å². The van der Waals surface area contributed by atoms with Crippen LogP contribution in [-0.4, -0.2) is 62.1 Å². The van der Waals surface area contributed by atoms with Crippen LogP contribution in [0.3, 0.4) is 0 Å². The number of hydrogen-bond acceptors (Lipinski definition) is 6. The third-order valence-corrected chi connectivity index (χ3v) is 1.91. The molecule has 1 aliphatic rings. The summed E-state index contributed by atoms with van der Waals surface area (Å²) in [5.41, 5.74) is 0. The minimum absolute atomic E-state index is 1.05. The van der Waals surface area contributed by atoms with Crippen LogP contribution in [-0.2, 0) is 4.79 Å². The van der Waals surface area contributed by atoms with Gasteiger partial charge in [-0.2, -0.15) is 0 Å². The third kappa shape index (κ3) is 1.79. The molecule has 0 aromatic rings. The Morgan fingerprint density at radius 1 is 0.923 bits per heavy atom. The first-order chi connectivity index (χ1) is 5.95. The van der Waals surface area contributed by atoms with Crippen molar-refractivity contribution in [3.8, 4) is 0 Å². The van der Waals surface area contributed by atoms with E-state index in [2.05, 4.69) is 0 Å². The van der Waals surface area contributed by atoms with Crippen LogP contribution in [0.25, 0.3) is 0 Å². The molecule has 1 fully saturated rings. The Morgan fingerprint density at radius 3 is 2.00 bits per heavy atom. The molecule has 0 saturated carbocycles. The highest BCUT2D eigenvalue weighted by Gasteiger charge is 2.41. The highest BCUT2D eigenvalue weighted by Crippen LogP contribution is 2.11. The molecule has 0 aromatic carbocycles. The Balaban J connectivity index is 2.85. The number of nitrogens with one attached hydrogen (secondary N) is 1. The molecule has 0 bridgehead atoms. The summed E-state index contributed by atoms with van der Waals surface area (Å²) in [6.45, 7) is 0. The van der Waals surface area contributed by atoms with Gasteiger partial charge in [-0.15, -0.1) is 0 Å². The summed E-state index contributed by atoms with van der Waals surface area (Å²) in [5, 5.41) is 46.9. The Morgan fingerprint density at radius 2 is 1.46 bits per heavy atom. The Labute approximate surface area is 73.2 Å². The van der Waals surface area contributed by atoms with Crippen molar-refractivity contribution in [3.63, 3.8) is 0 Å². The fourth-order valence-corrected chi connectivity index (χ4v) is 1.05. The molecule has 1 rings (SSSR count). The van der Waals surface area contributed by atoms with Crippen LogP contribution in [0.4, 0.5) is 0 Å². The summed E-state index contributed by atoms with van der Waals surface area (Å²) in [4.78, 5) is 10.8. The zero-order chi connectivity index (χ0) is 10.2. The van der Waals surface area contributed by atoms with E-state index in [1.54, 1.807) is 5.32 Å².